The SMILES string of the molecule is CCNC1CC2CCC1O2. The molecular formula is C8H15NO. The lowest BCUT2D eigenvalue weighted by Crippen LogP contribution is -2.37. The predicted octanol–water partition coefficient (Wildman–Crippen LogP) is 0.916. The molecule has 3 atom stereocenters. The zero-order chi connectivity index (χ0) is 6.97. The maximum Gasteiger partial charge on any atom is 0.0733 e. The van der Waals surface area contributed by atoms with Crippen molar-refractivity contribution < 1.29 is 4.74 Å². The molecule has 0 aromatic rings. The number of rotatable bonds is 2. The normalized spacial score (nSPS) is 44.7. The van der Waals surface area contributed by atoms with E-state index in [0.29, 0.717) is 18.2 Å². The molecule has 0 saturated carbocycles. The van der Waals surface area contributed by atoms with E-state index < -0.39 is 0 Å². The van der Waals surface area contributed by atoms with Gasteiger partial charge in [-0.2, -0.15) is 0 Å². The van der Waals surface area contributed by atoms with Crippen LogP contribution in [0.2, 0.25) is 0 Å². The Labute approximate surface area is 61.9 Å². The number of nitrogens with one attached hydrogen (secondary N) is 1. The van der Waals surface area contributed by atoms with Crippen molar-refractivity contribution in [3.8, 4) is 0 Å². The van der Waals surface area contributed by atoms with Gasteiger partial charge in [0.2, 0.25) is 0 Å². The average molecular weight is 141 g/mol. The lowest BCUT2D eigenvalue weighted by atomic mass is 9.96. The Morgan fingerprint density at radius 3 is 2.90 bits per heavy atom. The van der Waals surface area contributed by atoms with Gasteiger partial charge >= 0.3 is 0 Å². The molecular weight excluding hydrogens is 126 g/mol. The summed E-state index contributed by atoms with van der Waals surface area (Å²) in [6.45, 7) is 3.24. The summed E-state index contributed by atoms with van der Waals surface area (Å²) < 4.78 is 5.67. The van der Waals surface area contributed by atoms with Crippen LogP contribution >= 0.6 is 0 Å². The highest BCUT2D eigenvalue weighted by atomic mass is 16.5. The molecule has 0 aliphatic carbocycles. The molecule has 3 unspecified atom stereocenters. The van der Waals surface area contributed by atoms with Crippen LogP contribution in [0.15, 0.2) is 0 Å². The molecule has 0 aromatic heterocycles. The van der Waals surface area contributed by atoms with Gasteiger partial charge in [-0.15, -0.1) is 0 Å². The standard InChI is InChI=1S/C8H15NO/c1-2-9-7-5-6-3-4-8(7)10-6/h6-9H,2-5H2,1H3. The number of ether oxygens (including phenoxy) is 1. The Balaban J connectivity index is 1.90. The summed E-state index contributed by atoms with van der Waals surface area (Å²) in [5, 5.41) is 3.45. The molecule has 58 valence electrons. The van der Waals surface area contributed by atoms with Gasteiger partial charge in [-0.1, -0.05) is 6.92 Å². The third kappa shape index (κ3) is 0.956. The highest BCUT2D eigenvalue weighted by Gasteiger charge is 2.39. The molecule has 0 aromatic carbocycles. The van der Waals surface area contributed by atoms with Crippen molar-refractivity contribution in [1.82, 2.24) is 5.32 Å². The van der Waals surface area contributed by atoms with E-state index >= 15 is 0 Å². The first-order valence-electron chi connectivity index (χ1n) is 4.29. The van der Waals surface area contributed by atoms with Gasteiger partial charge in [0.05, 0.1) is 12.2 Å². The lowest BCUT2D eigenvalue weighted by molar-refractivity contribution is 0.0976. The van der Waals surface area contributed by atoms with E-state index in [4.69, 9.17) is 4.74 Å². The van der Waals surface area contributed by atoms with Crippen molar-refractivity contribution >= 4 is 0 Å². The first-order chi connectivity index (χ1) is 4.90. The zero-order valence-electron chi connectivity index (χ0n) is 6.47. The molecule has 10 heavy (non-hydrogen) atoms. The highest BCUT2D eigenvalue weighted by Crippen LogP contribution is 2.33. The summed E-state index contributed by atoms with van der Waals surface area (Å²) >= 11 is 0. The second-order valence-corrected chi connectivity index (χ2v) is 3.27. The van der Waals surface area contributed by atoms with E-state index in [1.165, 1.54) is 19.3 Å². The molecule has 2 bridgehead atoms. The van der Waals surface area contributed by atoms with Crippen LogP contribution < -0.4 is 5.32 Å². The van der Waals surface area contributed by atoms with Gasteiger partial charge in [-0.3, -0.25) is 0 Å². The number of likely N-dealkylation sites (N-methyl/N-ethyl adjacent to an activating group) is 1. The maximum atomic E-state index is 5.67. The van der Waals surface area contributed by atoms with Crippen molar-refractivity contribution in [2.75, 3.05) is 6.54 Å². The van der Waals surface area contributed by atoms with Crippen molar-refractivity contribution in [2.24, 2.45) is 0 Å². The first-order valence-corrected chi connectivity index (χ1v) is 4.29. The summed E-state index contributed by atoms with van der Waals surface area (Å²) in [5.41, 5.74) is 0. The fraction of sp³-hybridized carbons (Fsp3) is 1.00. The summed E-state index contributed by atoms with van der Waals surface area (Å²) in [4.78, 5) is 0. The van der Waals surface area contributed by atoms with Crippen molar-refractivity contribution in [3.63, 3.8) is 0 Å². The van der Waals surface area contributed by atoms with E-state index in [9.17, 15) is 0 Å². The Hall–Kier alpha value is -0.0800. The average Bonchev–Trinajstić information content (AvgIpc) is 2.48. The van der Waals surface area contributed by atoms with E-state index in [1.807, 2.05) is 0 Å². The third-order valence-electron chi connectivity index (χ3n) is 2.57. The number of hydrogen-bond donors (Lipinski definition) is 1. The Kier molecular flexibility index (Phi) is 1.66. The summed E-state index contributed by atoms with van der Waals surface area (Å²) in [6, 6.07) is 0.670. The van der Waals surface area contributed by atoms with Gasteiger partial charge in [0.25, 0.3) is 0 Å². The first kappa shape index (κ1) is 6.62. The molecule has 0 amide bonds. The van der Waals surface area contributed by atoms with E-state index in [1.54, 1.807) is 0 Å². The van der Waals surface area contributed by atoms with Crippen molar-refractivity contribution in [2.45, 2.75) is 44.4 Å². The molecule has 2 heteroatoms. The van der Waals surface area contributed by atoms with Gasteiger partial charge in [0.15, 0.2) is 0 Å². The van der Waals surface area contributed by atoms with E-state index in [2.05, 4.69) is 12.2 Å². The monoisotopic (exact) mass is 141 g/mol. The molecule has 2 heterocycles. The second kappa shape index (κ2) is 2.51. The van der Waals surface area contributed by atoms with Crippen molar-refractivity contribution in [1.29, 1.82) is 0 Å². The van der Waals surface area contributed by atoms with Crippen LogP contribution in [-0.2, 0) is 4.74 Å². The van der Waals surface area contributed by atoms with Gasteiger partial charge < -0.3 is 10.1 Å². The molecule has 2 rings (SSSR count). The van der Waals surface area contributed by atoms with Crippen LogP contribution in [0.5, 0.6) is 0 Å². The minimum Gasteiger partial charge on any atom is -0.373 e. The Morgan fingerprint density at radius 1 is 1.50 bits per heavy atom. The van der Waals surface area contributed by atoms with Crippen LogP contribution in [0, 0.1) is 0 Å². The Bertz CT molecular complexity index is 126. The number of hydrogen-bond acceptors (Lipinski definition) is 2. The third-order valence-corrected chi connectivity index (χ3v) is 2.57. The molecule has 2 saturated heterocycles. The summed E-state index contributed by atoms with van der Waals surface area (Å²) in [7, 11) is 0. The molecule has 1 N–H and O–H groups in total. The molecule has 2 aliphatic rings. The van der Waals surface area contributed by atoms with Gasteiger partial charge in [0, 0.05) is 6.04 Å². The van der Waals surface area contributed by atoms with E-state index in [0.717, 1.165) is 6.54 Å². The minimum absolute atomic E-state index is 0.546. The quantitative estimate of drug-likeness (QED) is 0.617. The molecule has 0 radical (unpaired) electrons. The van der Waals surface area contributed by atoms with Gasteiger partial charge in [0.1, 0.15) is 0 Å². The minimum atomic E-state index is 0.546. The largest absolute Gasteiger partial charge is 0.373 e. The topological polar surface area (TPSA) is 21.3 Å². The van der Waals surface area contributed by atoms with Gasteiger partial charge in [-0.25, -0.2) is 0 Å². The van der Waals surface area contributed by atoms with Gasteiger partial charge in [-0.05, 0) is 25.8 Å². The summed E-state index contributed by atoms with van der Waals surface area (Å²) in [6.07, 6.45) is 4.96. The van der Waals surface area contributed by atoms with Crippen LogP contribution in [0.3, 0.4) is 0 Å². The molecule has 2 aliphatic heterocycles. The second-order valence-electron chi connectivity index (χ2n) is 3.27. The number of fused-ring (bicyclic) bond motifs is 2. The van der Waals surface area contributed by atoms with Crippen molar-refractivity contribution in [3.05, 3.63) is 0 Å². The Morgan fingerprint density at radius 2 is 2.40 bits per heavy atom. The van der Waals surface area contributed by atoms with Crippen LogP contribution in [0.4, 0.5) is 0 Å². The maximum absolute atomic E-state index is 5.67. The zero-order valence-corrected chi connectivity index (χ0v) is 6.47. The van der Waals surface area contributed by atoms with E-state index in [-0.39, 0.29) is 0 Å². The van der Waals surface area contributed by atoms with Crippen LogP contribution in [0.1, 0.15) is 26.2 Å². The fourth-order valence-corrected chi connectivity index (χ4v) is 2.11. The fourth-order valence-electron chi connectivity index (χ4n) is 2.11. The molecule has 0 spiro atoms. The molecule has 2 fully saturated rings. The molecule has 2 nitrogen and oxygen atoms in total. The van der Waals surface area contributed by atoms with Crippen LogP contribution in [-0.4, -0.2) is 24.8 Å². The summed E-state index contributed by atoms with van der Waals surface area (Å²) in [5.74, 6) is 0. The highest BCUT2D eigenvalue weighted by molar-refractivity contribution is 4.93. The van der Waals surface area contributed by atoms with Crippen LogP contribution in [0.25, 0.3) is 0 Å². The predicted molar refractivity (Wildman–Crippen MR) is 40.0 cm³/mol. The smallest absolute Gasteiger partial charge is 0.0733 e. The lowest BCUT2D eigenvalue weighted by Gasteiger charge is -2.18.